The van der Waals surface area contributed by atoms with Crippen molar-refractivity contribution in [3.63, 3.8) is 0 Å². The summed E-state index contributed by atoms with van der Waals surface area (Å²) >= 11 is 0. The first-order valence-electron chi connectivity index (χ1n) is 5.53. The van der Waals surface area contributed by atoms with Crippen LogP contribution in [-0.2, 0) is 11.3 Å². The van der Waals surface area contributed by atoms with Gasteiger partial charge in [-0.05, 0) is 45.5 Å². The minimum Gasteiger partial charge on any atom is -0.481 e. The molecule has 0 radical (unpaired) electrons. The number of aryl methyl sites for hydroxylation is 1. The van der Waals surface area contributed by atoms with Crippen molar-refractivity contribution in [3.05, 3.63) is 23.7 Å². The molecule has 4 nitrogen and oxygen atoms in total. The lowest BCUT2D eigenvalue weighted by Crippen LogP contribution is -2.18. The number of nitrogens with zero attached hydrogens (tertiary/aromatic N) is 1. The number of hydrogen-bond acceptors (Lipinski definition) is 3. The zero-order valence-corrected chi connectivity index (χ0v) is 9.90. The zero-order chi connectivity index (χ0) is 12.0. The fourth-order valence-electron chi connectivity index (χ4n) is 1.57. The second kappa shape index (κ2) is 6.33. The van der Waals surface area contributed by atoms with Gasteiger partial charge in [0.05, 0.1) is 6.54 Å². The SMILES string of the molecule is Cc1ccc(CN(C)CCCCC(=O)O)o1. The number of hydrogen-bond donors (Lipinski definition) is 1. The fraction of sp³-hybridized carbons (Fsp3) is 0.583. The first kappa shape index (κ1) is 12.8. The summed E-state index contributed by atoms with van der Waals surface area (Å²) in [6.07, 6.45) is 1.90. The van der Waals surface area contributed by atoms with Crippen LogP contribution in [0.2, 0.25) is 0 Å². The minimum absolute atomic E-state index is 0.258. The van der Waals surface area contributed by atoms with E-state index in [2.05, 4.69) is 4.90 Å². The zero-order valence-electron chi connectivity index (χ0n) is 9.90. The number of carbonyl (C=O) groups is 1. The minimum atomic E-state index is -0.718. The molecule has 16 heavy (non-hydrogen) atoms. The quantitative estimate of drug-likeness (QED) is 0.723. The highest BCUT2D eigenvalue weighted by Gasteiger charge is 2.04. The maximum Gasteiger partial charge on any atom is 0.303 e. The van der Waals surface area contributed by atoms with Crippen molar-refractivity contribution in [2.45, 2.75) is 32.7 Å². The molecule has 1 N–H and O–H groups in total. The Morgan fingerprint density at radius 3 is 2.75 bits per heavy atom. The predicted molar refractivity (Wildman–Crippen MR) is 61.3 cm³/mol. The van der Waals surface area contributed by atoms with Crippen molar-refractivity contribution < 1.29 is 14.3 Å². The summed E-state index contributed by atoms with van der Waals surface area (Å²) in [5.74, 6) is 1.16. The Labute approximate surface area is 95.9 Å². The van der Waals surface area contributed by atoms with Crippen molar-refractivity contribution in [2.75, 3.05) is 13.6 Å². The monoisotopic (exact) mass is 225 g/mol. The van der Waals surface area contributed by atoms with Gasteiger partial charge in [-0.2, -0.15) is 0 Å². The Balaban J connectivity index is 2.16. The van der Waals surface area contributed by atoms with Gasteiger partial charge >= 0.3 is 5.97 Å². The summed E-state index contributed by atoms with van der Waals surface area (Å²) in [5.41, 5.74) is 0. The molecule has 0 bridgehead atoms. The topological polar surface area (TPSA) is 53.7 Å². The smallest absolute Gasteiger partial charge is 0.303 e. The summed E-state index contributed by atoms with van der Waals surface area (Å²) < 4.78 is 5.46. The summed E-state index contributed by atoms with van der Waals surface area (Å²) in [6.45, 7) is 3.60. The molecule has 0 aliphatic carbocycles. The van der Waals surface area contributed by atoms with Crippen molar-refractivity contribution in [3.8, 4) is 0 Å². The average molecular weight is 225 g/mol. The normalized spacial score (nSPS) is 10.9. The Morgan fingerprint density at radius 2 is 2.19 bits per heavy atom. The molecule has 1 aromatic heterocycles. The van der Waals surface area contributed by atoms with E-state index in [0.717, 1.165) is 37.5 Å². The van der Waals surface area contributed by atoms with E-state index in [1.54, 1.807) is 0 Å². The van der Waals surface area contributed by atoms with Crippen LogP contribution in [0.4, 0.5) is 0 Å². The van der Waals surface area contributed by atoms with Gasteiger partial charge in [0.2, 0.25) is 0 Å². The second-order valence-corrected chi connectivity index (χ2v) is 4.10. The number of carboxylic acids is 1. The van der Waals surface area contributed by atoms with Crippen molar-refractivity contribution >= 4 is 5.97 Å². The Morgan fingerprint density at radius 1 is 1.44 bits per heavy atom. The molecule has 0 aliphatic heterocycles. The van der Waals surface area contributed by atoms with Gasteiger partial charge in [0.1, 0.15) is 11.5 Å². The fourth-order valence-corrected chi connectivity index (χ4v) is 1.57. The molecule has 1 rings (SSSR count). The van der Waals surface area contributed by atoms with Crippen LogP contribution < -0.4 is 0 Å². The third-order valence-corrected chi connectivity index (χ3v) is 2.40. The second-order valence-electron chi connectivity index (χ2n) is 4.10. The van der Waals surface area contributed by atoms with E-state index >= 15 is 0 Å². The van der Waals surface area contributed by atoms with Gasteiger partial charge in [0.25, 0.3) is 0 Å². The highest BCUT2D eigenvalue weighted by molar-refractivity contribution is 5.66. The van der Waals surface area contributed by atoms with Crippen LogP contribution in [0.1, 0.15) is 30.8 Å². The van der Waals surface area contributed by atoms with Crippen LogP contribution in [0.3, 0.4) is 0 Å². The summed E-state index contributed by atoms with van der Waals surface area (Å²) in [7, 11) is 2.01. The van der Waals surface area contributed by atoms with E-state index < -0.39 is 5.97 Å². The summed E-state index contributed by atoms with van der Waals surface area (Å²) in [5, 5.41) is 8.49. The van der Waals surface area contributed by atoms with Gasteiger partial charge in [-0.1, -0.05) is 0 Å². The van der Waals surface area contributed by atoms with Gasteiger partial charge in [-0.25, -0.2) is 0 Å². The van der Waals surface area contributed by atoms with E-state index in [9.17, 15) is 4.79 Å². The van der Waals surface area contributed by atoms with E-state index in [1.807, 2.05) is 26.1 Å². The summed E-state index contributed by atoms with van der Waals surface area (Å²) in [6, 6.07) is 3.93. The van der Waals surface area contributed by atoms with Gasteiger partial charge < -0.3 is 9.52 Å². The molecule has 0 fully saturated rings. The van der Waals surface area contributed by atoms with Crippen LogP contribution >= 0.6 is 0 Å². The molecule has 90 valence electrons. The third-order valence-electron chi connectivity index (χ3n) is 2.40. The summed E-state index contributed by atoms with van der Waals surface area (Å²) in [4.78, 5) is 12.4. The van der Waals surface area contributed by atoms with E-state index in [-0.39, 0.29) is 6.42 Å². The highest BCUT2D eigenvalue weighted by Crippen LogP contribution is 2.09. The molecular formula is C12H19NO3. The van der Waals surface area contributed by atoms with Gasteiger partial charge in [-0.3, -0.25) is 9.69 Å². The Kier molecular flexibility index (Phi) is 5.05. The number of aliphatic carboxylic acids is 1. The molecule has 0 unspecified atom stereocenters. The Bertz CT molecular complexity index is 333. The van der Waals surface area contributed by atoms with Gasteiger partial charge in [0, 0.05) is 6.42 Å². The lowest BCUT2D eigenvalue weighted by molar-refractivity contribution is -0.137. The number of carboxylic acid groups (broad SMARTS) is 1. The van der Waals surface area contributed by atoms with Crippen LogP contribution in [0.25, 0.3) is 0 Å². The number of furan rings is 1. The molecule has 1 heterocycles. The maximum absolute atomic E-state index is 10.3. The van der Waals surface area contributed by atoms with Crippen LogP contribution in [-0.4, -0.2) is 29.6 Å². The maximum atomic E-state index is 10.3. The third kappa shape index (κ3) is 4.98. The van der Waals surface area contributed by atoms with Crippen LogP contribution in [0.5, 0.6) is 0 Å². The number of unbranched alkanes of at least 4 members (excludes halogenated alkanes) is 1. The first-order valence-corrected chi connectivity index (χ1v) is 5.53. The molecule has 4 heteroatoms. The standard InChI is InChI=1S/C12H19NO3/c1-10-6-7-11(16-10)9-13(2)8-4-3-5-12(14)15/h6-7H,3-5,8-9H2,1-2H3,(H,14,15). The number of rotatable bonds is 7. The molecule has 0 atom stereocenters. The molecule has 0 aromatic carbocycles. The van der Waals surface area contributed by atoms with Gasteiger partial charge in [-0.15, -0.1) is 0 Å². The lowest BCUT2D eigenvalue weighted by Gasteiger charge is -2.14. The van der Waals surface area contributed by atoms with Crippen LogP contribution in [0, 0.1) is 6.92 Å². The van der Waals surface area contributed by atoms with Crippen molar-refractivity contribution in [1.29, 1.82) is 0 Å². The molecular weight excluding hydrogens is 206 g/mol. The molecule has 0 saturated heterocycles. The highest BCUT2D eigenvalue weighted by atomic mass is 16.4. The van der Waals surface area contributed by atoms with Crippen molar-refractivity contribution in [1.82, 2.24) is 4.90 Å². The predicted octanol–water partition coefficient (Wildman–Crippen LogP) is 2.27. The molecule has 0 saturated carbocycles. The first-order chi connectivity index (χ1) is 7.58. The van der Waals surface area contributed by atoms with Gasteiger partial charge in [0.15, 0.2) is 0 Å². The van der Waals surface area contributed by atoms with Crippen LogP contribution in [0.15, 0.2) is 16.5 Å². The van der Waals surface area contributed by atoms with E-state index in [4.69, 9.17) is 9.52 Å². The lowest BCUT2D eigenvalue weighted by atomic mass is 10.2. The van der Waals surface area contributed by atoms with E-state index in [0.29, 0.717) is 0 Å². The van der Waals surface area contributed by atoms with Crippen molar-refractivity contribution in [2.24, 2.45) is 0 Å². The largest absolute Gasteiger partial charge is 0.481 e. The molecule has 0 spiro atoms. The molecule has 0 amide bonds. The Hall–Kier alpha value is -1.29. The molecule has 0 aliphatic rings. The molecule has 1 aromatic rings. The van der Waals surface area contributed by atoms with E-state index in [1.165, 1.54) is 0 Å². The average Bonchev–Trinajstić information content (AvgIpc) is 2.58.